The lowest BCUT2D eigenvalue weighted by molar-refractivity contribution is 0.0341. The summed E-state index contributed by atoms with van der Waals surface area (Å²) in [5, 5.41) is 11.2. The topological polar surface area (TPSA) is 48.9 Å². The average Bonchev–Trinajstić information content (AvgIpc) is 3.25. The van der Waals surface area contributed by atoms with Crippen LogP contribution in [0.1, 0.15) is 29.5 Å². The second kappa shape index (κ2) is 10.4. The zero-order valence-electron chi connectivity index (χ0n) is 16.3. The summed E-state index contributed by atoms with van der Waals surface area (Å²) >= 11 is 1.75. The summed E-state index contributed by atoms with van der Waals surface area (Å²) < 4.78 is 5.46. The number of rotatable bonds is 7. The van der Waals surface area contributed by atoms with Crippen molar-refractivity contribution in [2.45, 2.75) is 25.9 Å². The third-order valence-electron chi connectivity index (χ3n) is 4.97. The molecule has 2 heterocycles. The number of morpholine rings is 1. The van der Waals surface area contributed by atoms with E-state index >= 15 is 0 Å². The molecule has 0 bridgehead atoms. The van der Waals surface area contributed by atoms with Gasteiger partial charge < -0.3 is 15.4 Å². The van der Waals surface area contributed by atoms with Gasteiger partial charge in [-0.25, -0.2) is 0 Å². The van der Waals surface area contributed by atoms with Crippen molar-refractivity contribution in [3.05, 3.63) is 57.8 Å². The Hall–Kier alpha value is -1.89. The Labute approximate surface area is 166 Å². The third-order valence-corrected chi connectivity index (χ3v) is 5.68. The van der Waals surface area contributed by atoms with Gasteiger partial charge in [0, 0.05) is 39.8 Å². The fraction of sp³-hybridized carbons (Fsp3) is 0.476. The number of nitrogens with one attached hydrogen (secondary N) is 2. The molecular weight excluding hydrogens is 356 g/mol. The first-order valence-electron chi connectivity index (χ1n) is 9.59. The van der Waals surface area contributed by atoms with Crippen LogP contribution in [0.2, 0.25) is 0 Å². The van der Waals surface area contributed by atoms with Crippen LogP contribution in [-0.2, 0) is 17.8 Å². The van der Waals surface area contributed by atoms with Crippen molar-refractivity contribution in [1.82, 2.24) is 15.5 Å². The molecule has 146 valence electrons. The quantitative estimate of drug-likeness (QED) is 0.567. The maximum atomic E-state index is 5.46. The summed E-state index contributed by atoms with van der Waals surface area (Å²) in [5.74, 6) is 1.31. The number of thiophene rings is 1. The molecule has 2 N–H and O–H groups in total. The first-order chi connectivity index (χ1) is 13.3. The fourth-order valence-corrected chi connectivity index (χ4v) is 3.99. The van der Waals surface area contributed by atoms with Gasteiger partial charge in [-0.15, -0.1) is 0 Å². The van der Waals surface area contributed by atoms with Gasteiger partial charge >= 0.3 is 0 Å². The molecule has 5 nitrogen and oxygen atoms in total. The highest BCUT2D eigenvalue weighted by molar-refractivity contribution is 7.07. The maximum Gasteiger partial charge on any atom is 0.191 e. The molecule has 6 heteroatoms. The zero-order valence-corrected chi connectivity index (χ0v) is 17.1. The van der Waals surface area contributed by atoms with E-state index in [2.05, 4.69) is 68.5 Å². The first kappa shape index (κ1) is 19.9. The van der Waals surface area contributed by atoms with Crippen LogP contribution < -0.4 is 10.6 Å². The molecule has 0 radical (unpaired) electrons. The van der Waals surface area contributed by atoms with Crippen LogP contribution in [0.15, 0.2) is 46.1 Å². The van der Waals surface area contributed by atoms with E-state index in [1.807, 2.05) is 7.05 Å². The van der Waals surface area contributed by atoms with E-state index in [1.54, 1.807) is 11.3 Å². The Morgan fingerprint density at radius 2 is 1.96 bits per heavy atom. The van der Waals surface area contributed by atoms with Gasteiger partial charge in [-0.2, -0.15) is 11.3 Å². The van der Waals surface area contributed by atoms with Crippen LogP contribution in [0.5, 0.6) is 0 Å². The molecule has 0 aliphatic carbocycles. The lowest BCUT2D eigenvalue weighted by Gasteiger charge is -2.27. The summed E-state index contributed by atoms with van der Waals surface area (Å²) in [6, 6.07) is 10.8. The van der Waals surface area contributed by atoms with Crippen LogP contribution in [0.25, 0.3) is 0 Å². The largest absolute Gasteiger partial charge is 0.379 e. The molecule has 3 rings (SSSR count). The minimum atomic E-state index is 0.461. The molecular formula is C21H30N4OS. The minimum absolute atomic E-state index is 0.461. The van der Waals surface area contributed by atoms with E-state index in [4.69, 9.17) is 4.74 Å². The van der Waals surface area contributed by atoms with Gasteiger partial charge in [-0.1, -0.05) is 31.2 Å². The smallest absolute Gasteiger partial charge is 0.191 e. The van der Waals surface area contributed by atoms with Gasteiger partial charge in [0.2, 0.25) is 0 Å². The zero-order chi connectivity index (χ0) is 18.9. The molecule has 1 aromatic heterocycles. The van der Waals surface area contributed by atoms with Crippen molar-refractivity contribution in [3.8, 4) is 0 Å². The van der Waals surface area contributed by atoms with E-state index in [-0.39, 0.29) is 0 Å². The second-order valence-corrected chi connectivity index (χ2v) is 7.70. The Bertz CT molecular complexity index is 711. The summed E-state index contributed by atoms with van der Waals surface area (Å²) in [7, 11) is 1.82. The van der Waals surface area contributed by atoms with Crippen molar-refractivity contribution >= 4 is 17.3 Å². The Morgan fingerprint density at radius 1 is 1.19 bits per heavy atom. The lowest BCUT2D eigenvalue weighted by atomic mass is 10.1. The molecule has 27 heavy (non-hydrogen) atoms. The lowest BCUT2D eigenvalue weighted by Crippen LogP contribution is -2.39. The molecule has 1 fully saturated rings. The molecule has 1 aliphatic rings. The number of nitrogens with zero attached hydrogens (tertiary/aromatic N) is 2. The molecule has 1 saturated heterocycles. The standard InChI is InChI=1S/C21H30N4OS/c1-17(20-7-12-27-16-20)13-23-21(22-2)24-14-18-5-3-4-6-19(18)15-25-8-10-26-11-9-25/h3-7,12,16-17H,8-11,13-15H2,1-2H3,(H2,22,23,24). The summed E-state index contributed by atoms with van der Waals surface area (Å²) in [6.07, 6.45) is 0. The second-order valence-electron chi connectivity index (χ2n) is 6.92. The molecule has 0 saturated carbocycles. The SMILES string of the molecule is CN=C(NCc1ccccc1CN1CCOCC1)NCC(C)c1ccsc1. The minimum Gasteiger partial charge on any atom is -0.379 e. The van der Waals surface area contributed by atoms with Crippen LogP contribution in [-0.4, -0.2) is 50.8 Å². The van der Waals surface area contributed by atoms with Gasteiger partial charge in [-0.3, -0.25) is 9.89 Å². The summed E-state index contributed by atoms with van der Waals surface area (Å²) in [6.45, 7) is 8.52. The fourth-order valence-electron chi connectivity index (χ4n) is 3.21. The van der Waals surface area contributed by atoms with Crippen molar-refractivity contribution < 1.29 is 4.74 Å². The monoisotopic (exact) mass is 386 g/mol. The van der Waals surface area contributed by atoms with Gasteiger partial charge in [0.25, 0.3) is 0 Å². The van der Waals surface area contributed by atoms with Gasteiger partial charge in [0.15, 0.2) is 5.96 Å². The number of hydrogen-bond acceptors (Lipinski definition) is 4. The van der Waals surface area contributed by atoms with Crippen LogP contribution in [0, 0.1) is 0 Å². The van der Waals surface area contributed by atoms with Gasteiger partial charge in [0.1, 0.15) is 0 Å². The number of benzene rings is 1. The molecule has 1 unspecified atom stereocenters. The van der Waals surface area contributed by atoms with Gasteiger partial charge in [0.05, 0.1) is 13.2 Å². The molecule has 1 aromatic carbocycles. The number of aliphatic imine (C=N–C) groups is 1. The Morgan fingerprint density at radius 3 is 2.67 bits per heavy atom. The molecule has 0 spiro atoms. The van der Waals surface area contributed by atoms with Crippen molar-refractivity contribution in [2.24, 2.45) is 4.99 Å². The molecule has 1 aliphatic heterocycles. The van der Waals surface area contributed by atoms with Crippen molar-refractivity contribution in [2.75, 3.05) is 39.9 Å². The predicted molar refractivity (Wildman–Crippen MR) is 113 cm³/mol. The van der Waals surface area contributed by atoms with Crippen LogP contribution in [0.4, 0.5) is 0 Å². The molecule has 2 aromatic rings. The average molecular weight is 387 g/mol. The highest BCUT2D eigenvalue weighted by Gasteiger charge is 2.13. The van der Waals surface area contributed by atoms with E-state index in [0.29, 0.717) is 5.92 Å². The van der Waals surface area contributed by atoms with Crippen molar-refractivity contribution in [1.29, 1.82) is 0 Å². The number of guanidine groups is 1. The highest BCUT2D eigenvalue weighted by Crippen LogP contribution is 2.17. The highest BCUT2D eigenvalue weighted by atomic mass is 32.1. The predicted octanol–water partition coefficient (Wildman–Crippen LogP) is 3.05. The maximum absolute atomic E-state index is 5.46. The first-order valence-corrected chi connectivity index (χ1v) is 10.5. The molecule has 1 atom stereocenters. The van der Waals surface area contributed by atoms with Crippen molar-refractivity contribution in [3.63, 3.8) is 0 Å². The molecule has 0 amide bonds. The third kappa shape index (κ3) is 6.06. The Balaban J connectivity index is 1.52. The Kier molecular flexibility index (Phi) is 7.68. The normalized spacial score (nSPS) is 16.9. The summed E-state index contributed by atoms with van der Waals surface area (Å²) in [4.78, 5) is 6.83. The van der Waals surface area contributed by atoms with E-state index in [0.717, 1.165) is 51.9 Å². The van der Waals surface area contributed by atoms with E-state index < -0.39 is 0 Å². The van der Waals surface area contributed by atoms with E-state index in [9.17, 15) is 0 Å². The van der Waals surface area contributed by atoms with Gasteiger partial charge in [-0.05, 0) is 39.4 Å². The van der Waals surface area contributed by atoms with E-state index in [1.165, 1.54) is 16.7 Å². The summed E-state index contributed by atoms with van der Waals surface area (Å²) in [5.41, 5.74) is 4.06. The number of hydrogen-bond donors (Lipinski definition) is 2. The van der Waals surface area contributed by atoms with Crippen LogP contribution >= 0.6 is 11.3 Å². The van der Waals surface area contributed by atoms with Crippen LogP contribution in [0.3, 0.4) is 0 Å². The number of ether oxygens (including phenoxy) is 1.